The zero-order valence-corrected chi connectivity index (χ0v) is 11.2. The number of esters is 1. The summed E-state index contributed by atoms with van der Waals surface area (Å²) < 4.78 is 4.73. The van der Waals surface area contributed by atoms with Crippen molar-refractivity contribution in [2.75, 3.05) is 6.61 Å². The number of aliphatic carboxylic acids is 1. The first-order valence-electron chi connectivity index (χ1n) is 6.73. The fourth-order valence-electron chi connectivity index (χ4n) is 2.23. The molecule has 6 nitrogen and oxygen atoms in total. The Hall–Kier alpha value is -1.59. The number of carboxylic acids is 1. The summed E-state index contributed by atoms with van der Waals surface area (Å²) in [5.74, 6) is -1.85. The molecule has 0 aliphatic heterocycles. The van der Waals surface area contributed by atoms with Crippen LogP contribution in [0.15, 0.2) is 0 Å². The molecule has 2 N–H and O–H groups in total. The van der Waals surface area contributed by atoms with Crippen LogP contribution in [0.3, 0.4) is 0 Å². The van der Waals surface area contributed by atoms with Gasteiger partial charge in [0.25, 0.3) is 0 Å². The van der Waals surface area contributed by atoms with Crippen LogP contribution in [-0.2, 0) is 19.1 Å². The van der Waals surface area contributed by atoms with Crippen LogP contribution in [0.1, 0.15) is 45.4 Å². The third kappa shape index (κ3) is 5.28. The van der Waals surface area contributed by atoms with Gasteiger partial charge in [0.15, 0.2) is 0 Å². The molecule has 0 aromatic rings. The van der Waals surface area contributed by atoms with Gasteiger partial charge in [0.1, 0.15) is 6.04 Å². The van der Waals surface area contributed by atoms with E-state index < -0.39 is 18.0 Å². The maximum atomic E-state index is 11.8. The van der Waals surface area contributed by atoms with Gasteiger partial charge in [0.2, 0.25) is 5.91 Å². The summed E-state index contributed by atoms with van der Waals surface area (Å²) in [4.78, 5) is 34.1. The third-order valence-electron chi connectivity index (χ3n) is 3.28. The molecular formula is C13H21NO5. The number of carboxylic acid groups (broad SMARTS) is 1. The first kappa shape index (κ1) is 15.5. The molecular weight excluding hydrogens is 250 g/mol. The zero-order valence-electron chi connectivity index (χ0n) is 11.2. The lowest BCUT2D eigenvalue weighted by atomic mass is 10.1. The van der Waals surface area contributed by atoms with Crippen molar-refractivity contribution in [3.05, 3.63) is 0 Å². The number of carbonyl (C=O) groups excluding carboxylic acids is 2. The zero-order chi connectivity index (χ0) is 14.3. The van der Waals surface area contributed by atoms with Gasteiger partial charge in [-0.05, 0) is 26.2 Å². The molecule has 0 spiro atoms. The molecule has 1 atom stereocenters. The highest BCUT2D eigenvalue weighted by atomic mass is 16.5. The van der Waals surface area contributed by atoms with E-state index in [-0.39, 0.29) is 31.3 Å². The lowest BCUT2D eigenvalue weighted by Crippen LogP contribution is -2.43. The number of amides is 1. The normalized spacial score (nSPS) is 16.9. The summed E-state index contributed by atoms with van der Waals surface area (Å²) in [6.45, 7) is 1.96. The molecule has 1 saturated carbocycles. The van der Waals surface area contributed by atoms with Crippen molar-refractivity contribution in [1.29, 1.82) is 0 Å². The number of nitrogens with one attached hydrogen (secondary N) is 1. The van der Waals surface area contributed by atoms with Crippen molar-refractivity contribution < 1.29 is 24.2 Å². The SMILES string of the molecule is CCOC(=O)CC[C@H](NC(=O)C1CCCC1)C(=O)O. The summed E-state index contributed by atoms with van der Waals surface area (Å²) in [6.07, 6.45) is 3.71. The first-order valence-corrected chi connectivity index (χ1v) is 6.73. The number of hydrogen-bond donors (Lipinski definition) is 2. The molecule has 108 valence electrons. The molecule has 0 radical (unpaired) electrons. The van der Waals surface area contributed by atoms with Crippen molar-refractivity contribution in [2.45, 2.75) is 51.5 Å². The molecule has 1 fully saturated rings. The minimum atomic E-state index is -1.12. The minimum absolute atomic E-state index is 0.00421. The van der Waals surface area contributed by atoms with E-state index >= 15 is 0 Å². The maximum Gasteiger partial charge on any atom is 0.326 e. The van der Waals surface area contributed by atoms with Gasteiger partial charge in [-0.2, -0.15) is 0 Å². The standard InChI is InChI=1S/C13H21NO5/c1-2-19-11(15)8-7-10(13(17)18)14-12(16)9-5-3-4-6-9/h9-10H,2-8H2,1H3,(H,14,16)(H,17,18)/t10-/m0/s1. The Morgan fingerprint density at radius 1 is 1.32 bits per heavy atom. The fraction of sp³-hybridized carbons (Fsp3) is 0.769. The second kappa shape index (κ2) is 7.76. The van der Waals surface area contributed by atoms with Gasteiger partial charge in [0, 0.05) is 12.3 Å². The minimum Gasteiger partial charge on any atom is -0.480 e. The molecule has 19 heavy (non-hydrogen) atoms. The smallest absolute Gasteiger partial charge is 0.326 e. The average molecular weight is 271 g/mol. The Labute approximate surface area is 112 Å². The number of rotatable bonds is 7. The van der Waals surface area contributed by atoms with Crippen LogP contribution in [0.2, 0.25) is 0 Å². The number of carbonyl (C=O) groups is 3. The molecule has 0 saturated heterocycles. The molecule has 6 heteroatoms. The summed E-state index contributed by atoms with van der Waals surface area (Å²) in [7, 11) is 0. The average Bonchev–Trinajstić information content (AvgIpc) is 2.88. The molecule has 0 aromatic carbocycles. The van der Waals surface area contributed by atoms with E-state index in [4.69, 9.17) is 9.84 Å². The molecule has 1 aliphatic carbocycles. The summed E-state index contributed by atoms with van der Waals surface area (Å²) in [6, 6.07) is -1.02. The van der Waals surface area contributed by atoms with E-state index in [0.29, 0.717) is 0 Å². The summed E-state index contributed by atoms with van der Waals surface area (Å²) in [5, 5.41) is 11.6. The fourth-order valence-corrected chi connectivity index (χ4v) is 2.23. The van der Waals surface area contributed by atoms with Crippen LogP contribution in [0, 0.1) is 5.92 Å². The number of hydrogen-bond acceptors (Lipinski definition) is 4. The van der Waals surface area contributed by atoms with Crippen LogP contribution in [-0.4, -0.2) is 35.6 Å². The second-order valence-corrected chi connectivity index (χ2v) is 4.72. The van der Waals surface area contributed by atoms with E-state index in [0.717, 1.165) is 25.7 Å². The Morgan fingerprint density at radius 3 is 2.47 bits per heavy atom. The highest BCUT2D eigenvalue weighted by Gasteiger charge is 2.27. The highest BCUT2D eigenvalue weighted by molar-refractivity contribution is 5.85. The van der Waals surface area contributed by atoms with Gasteiger partial charge in [-0.25, -0.2) is 4.79 Å². The van der Waals surface area contributed by atoms with Crippen molar-refractivity contribution in [3.8, 4) is 0 Å². The van der Waals surface area contributed by atoms with Crippen LogP contribution >= 0.6 is 0 Å². The largest absolute Gasteiger partial charge is 0.480 e. The van der Waals surface area contributed by atoms with Gasteiger partial charge in [-0.1, -0.05) is 12.8 Å². The van der Waals surface area contributed by atoms with Gasteiger partial charge in [0.05, 0.1) is 6.61 Å². The van der Waals surface area contributed by atoms with E-state index in [1.807, 2.05) is 0 Å². The van der Waals surface area contributed by atoms with E-state index in [1.165, 1.54) is 0 Å². The highest BCUT2D eigenvalue weighted by Crippen LogP contribution is 2.24. The van der Waals surface area contributed by atoms with Crippen molar-refractivity contribution in [3.63, 3.8) is 0 Å². The topological polar surface area (TPSA) is 92.7 Å². The summed E-state index contributed by atoms with van der Waals surface area (Å²) >= 11 is 0. The van der Waals surface area contributed by atoms with E-state index in [9.17, 15) is 14.4 Å². The van der Waals surface area contributed by atoms with E-state index in [2.05, 4.69) is 5.32 Å². The van der Waals surface area contributed by atoms with Crippen LogP contribution in [0.4, 0.5) is 0 Å². The first-order chi connectivity index (χ1) is 9.04. The Kier molecular flexibility index (Phi) is 6.32. The molecule has 1 rings (SSSR count). The van der Waals surface area contributed by atoms with Crippen molar-refractivity contribution in [1.82, 2.24) is 5.32 Å². The van der Waals surface area contributed by atoms with Crippen molar-refractivity contribution >= 4 is 17.8 Å². The lowest BCUT2D eigenvalue weighted by Gasteiger charge is -2.16. The van der Waals surface area contributed by atoms with Crippen LogP contribution < -0.4 is 5.32 Å². The second-order valence-electron chi connectivity index (χ2n) is 4.72. The Bertz CT molecular complexity index is 336. The van der Waals surface area contributed by atoms with E-state index in [1.54, 1.807) is 6.92 Å². The van der Waals surface area contributed by atoms with Gasteiger partial charge in [-0.15, -0.1) is 0 Å². The monoisotopic (exact) mass is 271 g/mol. The van der Waals surface area contributed by atoms with Gasteiger partial charge in [-0.3, -0.25) is 9.59 Å². The predicted molar refractivity (Wildman–Crippen MR) is 67.4 cm³/mol. The maximum absolute atomic E-state index is 11.8. The Balaban J connectivity index is 2.41. The third-order valence-corrected chi connectivity index (χ3v) is 3.28. The van der Waals surface area contributed by atoms with Gasteiger partial charge >= 0.3 is 11.9 Å². The summed E-state index contributed by atoms with van der Waals surface area (Å²) in [5.41, 5.74) is 0. The Morgan fingerprint density at radius 2 is 1.95 bits per heavy atom. The molecule has 0 bridgehead atoms. The van der Waals surface area contributed by atoms with Crippen molar-refractivity contribution in [2.24, 2.45) is 5.92 Å². The van der Waals surface area contributed by atoms with Crippen LogP contribution in [0.25, 0.3) is 0 Å². The van der Waals surface area contributed by atoms with Gasteiger partial charge < -0.3 is 15.2 Å². The van der Waals surface area contributed by atoms with Crippen LogP contribution in [0.5, 0.6) is 0 Å². The number of ether oxygens (including phenoxy) is 1. The predicted octanol–water partition coefficient (Wildman–Crippen LogP) is 1.09. The molecule has 1 aliphatic rings. The molecule has 0 heterocycles. The quantitative estimate of drug-likeness (QED) is 0.676. The lowest BCUT2D eigenvalue weighted by molar-refractivity contribution is -0.145. The molecule has 0 aromatic heterocycles. The molecule has 1 amide bonds. The molecule has 0 unspecified atom stereocenters.